The molecule has 0 aliphatic carbocycles. The van der Waals surface area contributed by atoms with Crippen molar-refractivity contribution in [2.24, 2.45) is 0 Å². The Morgan fingerprint density at radius 1 is 1.19 bits per heavy atom. The van der Waals surface area contributed by atoms with E-state index in [0.29, 0.717) is 12.2 Å². The van der Waals surface area contributed by atoms with Crippen LogP contribution in [0.5, 0.6) is 0 Å². The molecular formula is C20H21N3O2S2. The standard InChI is InChI=1S/C20H21N3O2S2/c1-14-18(19(25)22-26-2)21-20(27-14)23(12-15-8-4-3-5-9-15)17-11-7-6-10-16(17)13-24/h3-11,24H,12-13H2,1-2H3,(H,22,25). The SMILES string of the molecule is CSNC(=O)c1nc(N(Cc2ccccc2)c2ccccc2CO)sc1C. The van der Waals surface area contributed by atoms with Crippen molar-refractivity contribution in [3.8, 4) is 0 Å². The first-order valence-electron chi connectivity index (χ1n) is 8.45. The van der Waals surface area contributed by atoms with Gasteiger partial charge in [-0.15, -0.1) is 11.3 Å². The molecule has 7 heteroatoms. The zero-order valence-electron chi connectivity index (χ0n) is 15.2. The van der Waals surface area contributed by atoms with Crippen molar-refractivity contribution in [1.82, 2.24) is 9.71 Å². The number of aliphatic hydroxyl groups is 1. The maximum Gasteiger partial charge on any atom is 0.280 e. The van der Waals surface area contributed by atoms with Crippen LogP contribution in [0.4, 0.5) is 10.8 Å². The number of aliphatic hydroxyl groups excluding tert-OH is 1. The summed E-state index contributed by atoms with van der Waals surface area (Å²) in [6, 6.07) is 17.8. The molecule has 0 aliphatic heterocycles. The van der Waals surface area contributed by atoms with E-state index in [1.807, 2.05) is 49.4 Å². The van der Waals surface area contributed by atoms with Gasteiger partial charge in [-0.25, -0.2) is 4.98 Å². The number of thiazole rings is 1. The van der Waals surface area contributed by atoms with Crippen LogP contribution in [0.3, 0.4) is 0 Å². The molecule has 0 aliphatic rings. The number of amides is 1. The van der Waals surface area contributed by atoms with E-state index >= 15 is 0 Å². The molecule has 3 rings (SSSR count). The molecular weight excluding hydrogens is 378 g/mol. The summed E-state index contributed by atoms with van der Waals surface area (Å²) in [7, 11) is 0. The van der Waals surface area contributed by atoms with Gasteiger partial charge in [-0.3, -0.25) is 9.52 Å². The van der Waals surface area contributed by atoms with Gasteiger partial charge in [-0.1, -0.05) is 60.5 Å². The number of hydrogen-bond acceptors (Lipinski definition) is 6. The number of aryl methyl sites for hydroxylation is 1. The van der Waals surface area contributed by atoms with Crippen LogP contribution in [0.2, 0.25) is 0 Å². The van der Waals surface area contributed by atoms with Crippen LogP contribution in [-0.2, 0) is 13.2 Å². The lowest BCUT2D eigenvalue weighted by Crippen LogP contribution is -2.19. The number of benzene rings is 2. The molecule has 1 heterocycles. The van der Waals surface area contributed by atoms with Gasteiger partial charge >= 0.3 is 0 Å². The lowest BCUT2D eigenvalue weighted by molar-refractivity contribution is 0.0980. The molecule has 5 nitrogen and oxygen atoms in total. The van der Waals surface area contributed by atoms with E-state index in [4.69, 9.17) is 0 Å². The molecule has 27 heavy (non-hydrogen) atoms. The van der Waals surface area contributed by atoms with Gasteiger partial charge in [0, 0.05) is 22.4 Å². The van der Waals surface area contributed by atoms with Crippen LogP contribution in [0.15, 0.2) is 54.6 Å². The zero-order chi connectivity index (χ0) is 19.2. The molecule has 2 N–H and O–H groups in total. The summed E-state index contributed by atoms with van der Waals surface area (Å²) >= 11 is 2.73. The van der Waals surface area contributed by atoms with Crippen LogP contribution in [0.1, 0.15) is 26.5 Å². The van der Waals surface area contributed by atoms with Crippen molar-refractivity contribution in [1.29, 1.82) is 0 Å². The lowest BCUT2D eigenvalue weighted by atomic mass is 10.1. The maximum atomic E-state index is 12.3. The topological polar surface area (TPSA) is 65.5 Å². The summed E-state index contributed by atoms with van der Waals surface area (Å²) in [5, 5.41) is 10.5. The van der Waals surface area contributed by atoms with Crippen molar-refractivity contribution in [3.63, 3.8) is 0 Å². The van der Waals surface area contributed by atoms with Crippen molar-refractivity contribution in [2.75, 3.05) is 11.2 Å². The molecule has 140 valence electrons. The average Bonchev–Trinajstić information content (AvgIpc) is 3.08. The number of nitrogens with zero attached hydrogens (tertiary/aromatic N) is 2. The van der Waals surface area contributed by atoms with E-state index in [9.17, 15) is 9.90 Å². The number of carbonyl (C=O) groups excluding carboxylic acids is 1. The van der Waals surface area contributed by atoms with Gasteiger partial charge in [-0.2, -0.15) is 0 Å². The van der Waals surface area contributed by atoms with Crippen LogP contribution in [0, 0.1) is 6.92 Å². The Morgan fingerprint density at radius 2 is 1.89 bits per heavy atom. The maximum absolute atomic E-state index is 12.3. The first-order valence-corrected chi connectivity index (χ1v) is 10.5. The third-order valence-electron chi connectivity index (χ3n) is 4.06. The minimum Gasteiger partial charge on any atom is -0.392 e. The van der Waals surface area contributed by atoms with Crippen LogP contribution in [0.25, 0.3) is 0 Å². The van der Waals surface area contributed by atoms with E-state index in [0.717, 1.165) is 26.8 Å². The van der Waals surface area contributed by atoms with Crippen LogP contribution in [-0.4, -0.2) is 22.3 Å². The monoisotopic (exact) mass is 399 g/mol. The van der Waals surface area contributed by atoms with Crippen molar-refractivity contribution < 1.29 is 9.90 Å². The molecule has 0 saturated carbocycles. The number of nitrogens with one attached hydrogen (secondary N) is 1. The number of anilines is 2. The molecule has 3 aromatic rings. The number of rotatable bonds is 7. The molecule has 0 fully saturated rings. The number of para-hydroxylation sites is 1. The number of carbonyl (C=O) groups is 1. The largest absolute Gasteiger partial charge is 0.392 e. The quantitative estimate of drug-likeness (QED) is 0.580. The fraction of sp³-hybridized carbons (Fsp3) is 0.200. The van der Waals surface area contributed by atoms with E-state index < -0.39 is 0 Å². The van der Waals surface area contributed by atoms with Gasteiger partial charge < -0.3 is 10.0 Å². The van der Waals surface area contributed by atoms with E-state index in [1.165, 1.54) is 23.3 Å². The molecule has 2 aromatic carbocycles. The molecule has 0 radical (unpaired) electrons. The molecule has 0 spiro atoms. The summed E-state index contributed by atoms with van der Waals surface area (Å²) in [5.41, 5.74) is 3.25. The normalized spacial score (nSPS) is 10.6. The summed E-state index contributed by atoms with van der Waals surface area (Å²) in [6.07, 6.45) is 1.81. The third kappa shape index (κ3) is 4.50. The van der Waals surface area contributed by atoms with Gasteiger partial charge in [0.15, 0.2) is 5.13 Å². The average molecular weight is 400 g/mol. The molecule has 1 aromatic heterocycles. The lowest BCUT2D eigenvalue weighted by Gasteiger charge is -2.24. The minimum atomic E-state index is -0.197. The summed E-state index contributed by atoms with van der Waals surface area (Å²) in [6.45, 7) is 2.43. The van der Waals surface area contributed by atoms with Gasteiger partial charge in [0.25, 0.3) is 5.91 Å². The second-order valence-corrected chi connectivity index (χ2v) is 7.69. The van der Waals surface area contributed by atoms with Crippen molar-refractivity contribution in [3.05, 3.63) is 76.3 Å². The minimum absolute atomic E-state index is 0.0639. The first kappa shape index (κ1) is 19.4. The Labute approximate surface area is 167 Å². The first-order chi connectivity index (χ1) is 13.1. The highest BCUT2D eigenvalue weighted by atomic mass is 32.2. The zero-order valence-corrected chi connectivity index (χ0v) is 16.8. The fourth-order valence-corrected chi connectivity index (χ4v) is 3.98. The summed E-state index contributed by atoms with van der Waals surface area (Å²) < 4.78 is 2.73. The van der Waals surface area contributed by atoms with Crippen molar-refractivity contribution >= 4 is 40.0 Å². The number of hydrogen-bond donors (Lipinski definition) is 2. The van der Waals surface area contributed by atoms with Crippen LogP contribution >= 0.6 is 23.3 Å². The Bertz CT molecular complexity index is 913. The molecule has 1 amide bonds. The van der Waals surface area contributed by atoms with Gasteiger partial charge in [0.2, 0.25) is 0 Å². The number of aromatic nitrogens is 1. The third-order valence-corrected chi connectivity index (χ3v) is 5.45. The Hall–Kier alpha value is -2.35. The Balaban J connectivity index is 2.05. The van der Waals surface area contributed by atoms with Crippen LogP contribution < -0.4 is 9.62 Å². The molecule has 0 atom stereocenters. The fourth-order valence-electron chi connectivity index (χ4n) is 2.78. The summed E-state index contributed by atoms with van der Waals surface area (Å²) in [4.78, 5) is 19.8. The summed E-state index contributed by atoms with van der Waals surface area (Å²) in [5.74, 6) is -0.197. The second-order valence-electron chi connectivity index (χ2n) is 5.90. The molecule has 0 bridgehead atoms. The highest BCUT2D eigenvalue weighted by Crippen LogP contribution is 2.35. The Morgan fingerprint density at radius 3 is 2.59 bits per heavy atom. The van der Waals surface area contributed by atoms with Gasteiger partial charge in [-0.05, 0) is 18.6 Å². The van der Waals surface area contributed by atoms with Crippen molar-refractivity contribution in [2.45, 2.75) is 20.1 Å². The highest BCUT2D eigenvalue weighted by Gasteiger charge is 2.21. The molecule has 0 saturated heterocycles. The Kier molecular flexibility index (Phi) is 6.49. The van der Waals surface area contributed by atoms with Gasteiger partial charge in [0.05, 0.1) is 13.2 Å². The second kappa shape index (κ2) is 9.03. The molecule has 0 unspecified atom stereocenters. The van der Waals surface area contributed by atoms with E-state index in [-0.39, 0.29) is 12.5 Å². The highest BCUT2D eigenvalue weighted by molar-refractivity contribution is 7.97. The smallest absolute Gasteiger partial charge is 0.280 e. The predicted molar refractivity (Wildman–Crippen MR) is 112 cm³/mol. The van der Waals surface area contributed by atoms with Gasteiger partial charge in [0.1, 0.15) is 5.69 Å². The van der Waals surface area contributed by atoms with E-state index in [1.54, 1.807) is 6.26 Å². The van der Waals surface area contributed by atoms with E-state index in [2.05, 4.69) is 26.7 Å². The predicted octanol–water partition coefficient (Wildman–Crippen LogP) is 4.29.